The molecule has 0 N–H and O–H groups in total. The van der Waals surface area contributed by atoms with Crippen molar-refractivity contribution < 1.29 is 19.2 Å². The standard InChI is InChI=1S/2C5H9NO2.2C2H6.3CH4/c2*1-4(7)6(3)5(2)8;2*1-2;;;/h2*1-3H3;2*1-2H3;3*1H4. The van der Waals surface area contributed by atoms with Gasteiger partial charge in [-0.2, -0.15) is 0 Å². The zero-order valence-corrected chi connectivity index (χ0v) is 14.5. The van der Waals surface area contributed by atoms with Crippen LogP contribution in [-0.4, -0.2) is 47.5 Å². The van der Waals surface area contributed by atoms with E-state index in [2.05, 4.69) is 0 Å². The Labute approximate surface area is 145 Å². The van der Waals surface area contributed by atoms with Gasteiger partial charge in [-0.3, -0.25) is 29.0 Å². The summed E-state index contributed by atoms with van der Waals surface area (Å²) < 4.78 is 0. The van der Waals surface area contributed by atoms with Crippen molar-refractivity contribution in [2.75, 3.05) is 14.1 Å². The lowest BCUT2D eigenvalue weighted by Crippen LogP contribution is -2.28. The summed E-state index contributed by atoms with van der Waals surface area (Å²) in [5, 5.41) is 0. The summed E-state index contributed by atoms with van der Waals surface area (Å²) in [6.45, 7) is 13.4. The maximum atomic E-state index is 10.3. The molecule has 0 aliphatic rings. The lowest BCUT2D eigenvalue weighted by molar-refractivity contribution is -0.141. The molecule has 6 heteroatoms. The molecule has 4 amide bonds. The molecule has 0 aliphatic heterocycles. The first kappa shape index (κ1) is 42.9. The van der Waals surface area contributed by atoms with Crippen molar-refractivity contribution in [1.29, 1.82) is 0 Å². The van der Waals surface area contributed by atoms with Gasteiger partial charge >= 0.3 is 0 Å². The van der Waals surface area contributed by atoms with Crippen LogP contribution < -0.4 is 0 Å². The molecule has 0 bridgehead atoms. The number of imide groups is 2. The highest BCUT2D eigenvalue weighted by molar-refractivity contribution is 5.92. The molecule has 0 heterocycles. The molecule has 0 unspecified atom stereocenters. The van der Waals surface area contributed by atoms with E-state index in [1.807, 2.05) is 27.7 Å². The Morgan fingerprint density at radius 2 is 0.565 bits per heavy atom. The molecule has 0 fully saturated rings. The smallest absolute Gasteiger partial charge is 0.225 e. The van der Waals surface area contributed by atoms with Gasteiger partial charge in [0.25, 0.3) is 0 Å². The Morgan fingerprint density at radius 3 is 0.565 bits per heavy atom. The Hall–Kier alpha value is -1.72. The van der Waals surface area contributed by atoms with Gasteiger partial charge in [0, 0.05) is 41.8 Å². The third kappa shape index (κ3) is 33.2. The predicted octanol–water partition coefficient (Wildman–Crippen LogP) is 3.98. The molecule has 0 radical (unpaired) electrons. The molecule has 0 saturated carbocycles. The number of amides is 4. The largest absolute Gasteiger partial charge is 0.286 e. The van der Waals surface area contributed by atoms with Gasteiger partial charge in [-0.25, -0.2) is 0 Å². The van der Waals surface area contributed by atoms with Gasteiger partial charge in [0.05, 0.1) is 0 Å². The highest BCUT2D eigenvalue weighted by Gasteiger charge is 2.04. The number of hydrogen-bond acceptors (Lipinski definition) is 4. The minimum atomic E-state index is -0.225. The lowest BCUT2D eigenvalue weighted by atomic mass is 10.5. The van der Waals surface area contributed by atoms with Gasteiger partial charge in [-0.05, 0) is 0 Å². The maximum Gasteiger partial charge on any atom is 0.225 e. The van der Waals surface area contributed by atoms with E-state index in [0.717, 1.165) is 9.80 Å². The summed E-state index contributed by atoms with van der Waals surface area (Å²) in [6.07, 6.45) is 0. The van der Waals surface area contributed by atoms with Crippen LogP contribution in [0.25, 0.3) is 0 Å². The second-order valence-corrected chi connectivity index (χ2v) is 3.19. The molecule has 0 rings (SSSR count). The summed E-state index contributed by atoms with van der Waals surface area (Å²) in [7, 11) is 2.90. The number of hydrogen-bond donors (Lipinski definition) is 0. The zero-order valence-electron chi connectivity index (χ0n) is 14.5. The highest BCUT2D eigenvalue weighted by Crippen LogP contribution is 1.82. The summed E-state index contributed by atoms with van der Waals surface area (Å²) in [6, 6.07) is 0. The summed E-state index contributed by atoms with van der Waals surface area (Å²) in [5.41, 5.74) is 0. The first-order chi connectivity index (χ1) is 9.11. The summed E-state index contributed by atoms with van der Waals surface area (Å²) >= 11 is 0. The van der Waals surface area contributed by atoms with Crippen molar-refractivity contribution in [3.63, 3.8) is 0 Å². The fraction of sp³-hybridized carbons (Fsp3) is 0.765. The van der Waals surface area contributed by atoms with Gasteiger partial charge in [0.2, 0.25) is 23.6 Å². The average Bonchev–Trinajstić information content (AvgIpc) is 2.41. The van der Waals surface area contributed by atoms with E-state index < -0.39 is 0 Å². The molecular formula is C17H42N2O4. The van der Waals surface area contributed by atoms with Crippen molar-refractivity contribution in [2.45, 2.75) is 77.7 Å². The van der Waals surface area contributed by atoms with Crippen LogP contribution in [0.15, 0.2) is 0 Å². The highest BCUT2D eigenvalue weighted by atomic mass is 16.2. The number of rotatable bonds is 0. The van der Waals surface area contributed by atoms with E-state index in [4.69, 9.17) is 0 Å². The van der Waals surface area contributed by atoms with Crippen molar-refractivity contribution in [1.82, 2.24) is 9.80 Å². The second-order valence-electron chi connectivity index (χ2n) is 3.19. The second kappa shape index (κ2) is 28.4. The van der Waals surface area contributed by atoms with Crippen molar-refractivity contribution >= 4 is 23.6 Å². The van der Waals surface area contributed by atoms with E-state index in [1.165, 1.54) is 41.8 Å². The van der Waals surface area contributed by atoms with Crippen LogP contribution in [0.5, 0.6) is 0 Å². The molecule has 0 spiro atoms. The average molecular weight is 339 g/mol. The first-order valence-corrected chi connectivity index (χ1v) is 6.61. The maximum absolute atomic E-state index is 10.3. The van der Waals surface area contributed by atoms with Crippen LogP contribution in [0.1, 0.15) is 77.7 Å². The fourth-order valence-electron chi connectivity index (χ4n) is 0.443. The molecule has 23 heavy (non-hydrogen) atoms. The number of carbonyl (C=O) groups excluding carboxylic acids is 4. The molecule has 6 nitrogen and oxygen atoms in total. The lowest BCUT2D eigenvalue weighted by Gasteiger charge is -2.07. The van der Waals surface area contributed by atoms with Crippen LogP contribution >= 0.6 is 0 Å². The van der Waals surface area contributed by atoms with Crippen LogP contribution in [0, 0.1) is 0 Å². The third-order valence-corrected chi connectivity index (χ3v) is 1.89. The molecule has 0 aromatic rings. The van der Waals surface area contributed by atoms with Crippen LogP contribution in [0.4, 0.5) is 0 Å². The normalized spacial score (nSPS) is 6.35. The number of nitrogens with zero attached hydrogens (tertiary/aromatic N) is 2. The van der Waals surface area contributed by atoms with E-state index >= 15 is 0 Å². The van der Waals surface area contributed by atoms with Gasteiger partial charge in [0.15, 0.2) is 0 Å². The SMILES string of the molecule is C.C.C.CC.CC.CC(=O)N(C)C(C)=O.CC(=O)N(C)C(C)=O. The topological polar surface area (TPSA) is 74.8 Å². The van der Waals surface area contributed by atoms with Gasteiger partial charge < -0.3 is 0 Å². The molecular weight excluding hydrogens is 296 g/mol. The Balaban J connectivity index is -0.0000000329. The molecule has 0 atom stereocenters. The minimum Gasteiger partial charge on any atom is -0.286 e. The number of carbonyl (C=O) groups is 4. The fourth-order valence-corrected chi connectivity index (χ4v) is 0.443. The molecule has 0 aliphatic carbocycles. The first-order valence-electron chi connectivity index (χ1n) is 6.61. The van der Waals surface area contributed by atoms with E-state index in [-0.39, 0.29) is 45.9 Å². The monoisotopic (exact) mass is 338 g/mol. The van der Waals surface area contributed by atoms with Crippen molar-refractivity contribution in [3.05, 3.63) is 0 Å². The molecule has 144 valence electrons. The third-order valence-electron chi connectivity index (χ3n) is 1.89. The quantitative estimate of drug-likeness (QED) is 0.669. The Bertz CT molecular complexity index is 245. The summed E-state index contributed by atoms with van der Waals surface area (Å²) in [5.74, 6) is -0.898. The van der Waals surface area contributed by atoms with E-state index in [0.29, 0.717) is 0 Å². The van der Waals surface area contributed by atoms with Gasteiger partial charge in [-0.15, -0.1) is 0 Å². The molecule has 0 aromatic carbocycles. The van der Waals surface area contributed by atoms with Crippen molar-refractivity contribution in [2.24, 2.45) is 0 Å². The predicted molar refractivity (Wildman–Crippen MR) is 101 cm³/mol. The molecule has 0 aromatic heterocycles. The minimum absolute atomic E-state index is 0. The van der Waals surface area contributed by atoms with Crippen molar-refractivity contribution in [3.8, 4) is 0 Å². The van der Waals surface area contributed by atoms with Crippen LogP contribution in [0.3, 0.4) is 0 Å². The van der Waals surface area contributed by atoms with E-state index in [1.54, 1.807) is 0 Å². The van der Waals surface area contributed by atoms with Gasteiger partial charge in [0.1, 0.15) is 0 Å². The Kier molecular flexibility index (Phi) is 53.1. The Morgan fingerprint density at radius 1 is 0.478 bits per heavy atom. The molecule has 0 saturated heterocycles. The summed E-state index contributed by atoms with van der Waals surface area (Å²) in [4.78, 5) is 43.3. The van der Waals surface area contributed by atoms with Crippen LogP contribution in [0.2, 0.25) is 0 Å². The van der Waals surface area contributed by atoms with Crippen LogP contribution in [-0.2, 0) is 19.2 Å². The van der Waals surface area contributed by atoms with E-state index in [9.17, 15) is 19.2 Å². The van der Waals surface area contributed by atoms with Gasteiger partial charge in [-0.1, -0.05) is 50.0 Å². The zero-order chi connectivity index (χ0) is 17.5.